The number of nitrogens with one attached hydrogen (secondary N) is 1. The molecule has 1 aliphatic rings. The first-order valence-corrected chi connectivity index (χ1v) is 9.47. The number of hydrogen-bond donors (Lipinski definition) is 1. The van der Waals surface area contributed by atoms with Gasteiger partial charge in [0.1, 0.15) is 17.4 Å². The summed E-state index contributed by atoms with van der Waals surface area (Å²) in [6.07, 6.45) is 3.20. The van der Waals surface area contributed by atoms with Crippen LogP contribution in [0.2, 0.25) is 0 Å². The van der Waals surface area contributed by atoms with Crippen LogP contribution in [0.15, 0.2) is 27.8 Å². The second kappa shape index (κ2) is 7.67. The molecule has 3 heterocycles. The number of fused-ring (bicyclic) bond motifs is 1. The van der Waals surface area contributed by atoms with Crippen molar-refractivity contribution >= 4 is 23.3 Å². The fraction of sp³-hybridized carbons (Fsp3) is 0.350. The molecule has 152 valence electrons. The van der Waals surface area contributed by atoms with Crippen molar-refractivity contribution in [1.29, 1.82) is 0 Å². The number of halogens is 1. The Morgan fingerprint density at radius 3 is 2.62 bits per heavy atom. The van der Waals surface area contributed by atoms with Crippen LogP contribution in [-0.4, -0.2) is 38.4 Å². The highest BCUT2D eigenvalue weighted by molar-refractivity contribution is 5.75. The van der Waals surface area contributed by atoms with Gasteiger partial charge in [0.15, 0.2) is 17.2 Å². The fourth-order valence-corrected chi connectivity index (χ4v) is 3.18. The average Bonchev–Trinajstić information content (AvgIpc) is 3.09. The molecule has 1 saturated heterocycles. The van der Waals surface area contributed by atoms with Gasteiger partial charge in [-0.3, -0.25) is 13.9 Å². The van der Waals surface area contributed by atoms with Crippen molar-refractivity contribution in [3.63, 3.8) is 0 Å². The lowest BCUT2D eigenvalue weighted by atomic mass is 10.2. The van der Waals surface area contributed by atoms with E-state index in [4.69, 9.17) is 9.47 Å². The van der Waals surface area contributed by atoms with Gasteiger partial charge < -0.3 is 14.5 Å². The van der Waals surface area contributed by atoms with Gasteiger partial charge in [0, 0.05) is 13.1 Å². The van der Waals surface area contributed by atoms with E-state index in [0.29, 0.717) is 36.8 Å². The van der Waals surface area contributed by atoms with Gasteiger partial charge in [0.05, 0.1) is 13.2 Å². The number of aromatic amines is 1. The number of H-pyrrole nitrogens is 1. The van der Waals surface area contributed by atoms with Gasteiger partial charge in [-0.1, -0.05) is 12.1 Å². The van der Waals surface area contributed by atoms with Crippen molar-refractivity contribution in [3.05, 3.63) is 56.2 Å². The van der Waals surface area contributed by atoms with Crippen molar-refractivity contribution in [2.45, 2.75) is 33.0 Å². The van der Waals surface area contributed by atoms with Gasteiger partial charge in [-0.15, -0.1) is 0 Å². The number of aryl methyl sites for hydroxylation is 1. The fourth-order valence-electron chi connectivity index (χ4n) is 3.18. The van der Waals surface area contributed by atoms with Crippen LogP contribution in [-0.2, 0) is 17.8 Å². The summed E-state index contributed by atoms with van der Waals surface area (Å²) in [6.45, 7) is 5.16. The number of nitrogens with zero attached hydrogens (tertiary/aromatic N) is 3. The normalized spacial score (nSPS) is 14.6. The molecule has 0 unspecified atom stereocenters. The van der Waals surface area contributed by atoms with Crippen molar-refractivity contribution in [2.24, 2.45) is 0 Å². The monoisotopic (exact) mass is 400 g/mol. The van der Waals surface area contributed by atoms with Crippen molar-refractivity contribution in [1.82, 2.24) is 19.1 Å². The summed E-state index contributed by atoms with van der Waals surface area (Å²) < 4.78 is 27.4. The molecule has 0 amide bonds. The zero-order valence-corrected chi connectivity index (χ0v) is 16.1. The van der Waals surface area contributed by atoms with Gasteiger partial charge in [0.2, 0.25) is 0 Å². The summed E-state index contributed by atoms with van der Waals surface area (Å²) in [5, 5.41) is 0. The maximum Gasteiger partial charge on any atom is 0.332 e. The largest absolute Gasteiger partial charge is 0.483 e. The van der Waals surface area contributed by atoms with Gasteiger partial charge >= 0.3 is 5.69 Å². The highest BCUT2D eigenvalue weighted by atomic mass is 19.1. The summed E-state index contributed by atoms with van der Waals surface area (Å²) in [6, 6.07) is 4.66. The van der Waals surface area contributed by atoms with E-state index < -0.39 is 11.4 Å². The maximum atomic E-state index is 14.2. The Bertz CT molecular complexity index is 1200. The van der Waals surface area contributed by atoms with E-state index in [1.807, 2.05) is 6.92 Å². The van der Waals surface area contributed by atoms with E-state index >= 15 is 0 Å². The predicted octanol–water partition coefficient (Wildman–Crippen LogP) is 2.01. The van der Waals surface area contributed by atoms with Crippen LogP contribution in [0.4, 0.5) is 4.39 Å². The lowest BCUT2D eigenvalue weighted by Crippen LogP contribution is -2.39. The molecule has 0 bridgehead atoms. The second-order valence-electron chi connectivity index (χ2n) is 6.70. The van der Waals surface area contributed by atoms with Crippen molar-refractivity contribution in [2.75, 3.05) is 13.2 Å². The second-order valence-corrected chi connectivity index (χ2v) is 6.70. The molecule has 1 N–H and O–H groups in total. The Morgan fingerprint density at radius 2 is 2.00 bits per heavy atom. The number of hydrogen-bond acceptors (Lipinski definition) is 5. The SMILES string of the molecule is CCn1c(=O)c2[nH]c(/C=C/c3ccc(OC4COC4)c(F)c3)nc2n(CC)c1=O. The summed E-state index contributed by atoms with van der Waals surface area (Å²) >= 11 is 0. The highest BCUT2D eigenvalue weighted by Gasteiger charge is 2.21. The van der Waals surface area contributed by atoms with E-state index in [1.165, 1.54) is 15.2 Å². The minimum atomic E-state index is -0.464. The molecule has 9 heteroatoms. The standard InChI is InChI=1S/C20H21FN4O4/c1-3-24-18-17(19(26)25(4-2)20(24)27)22-16(23-18)8-6-12-5-7-15(14(21)9-12)29-13-10-28-11-13/h5-9,13H,3-4,10-11H2,1-2H3,(H,22,23)/b8-6+. The van der Waals surface area contributed by atoms with E-state index in [2.05, 4.69) is 9.97 Å². The van der Waals surface area contributed by atoms with Crippen LogP contribution in [0.3, 0.4) is 0 Å². The van der Waals surface area contributed by atoms with Crippen LogP contribution >= 0.6 is 0 Å². The molecule has 1 fully saturated rings. The number of aromatic nitrogens is 4. The summed E-state index contributed by atoms with van der Waals surface area (Å²) in [5.74, 6) is 0.125. The molecule has 0 radical (unpaired) electrons. The first kappa shape index (κ1) is 19.1. The molecule has 1 aliphatic heterocycles. The summed E-state index contributed by atoms with van der Waals surface area (Å²) in [7, 11) is 0. The zero-order chi connectivity index (χ0) is 20.5. The third-order valence-electron chi connectivity index (χ3n) is 4.80. The Hall–Kier alpha value is -3.20. The molecule has 4 rings (SSSR count). The highest BCUT2D eigenvalue weighted by Crippen LogP contribution is 2.22. The molecule has 1 aromatic carbocycles. The lowest BCUT2D eigenvalue weighted by molar-refractivity contribution is -0.0808. The van der Waals surface area contributed by atoms with Crippen molar-refractivity contribution in [3.8, 4) is 5.75 Å². The minimum Gasteiger partial charge on any atom is -0.483 e. The van der Waals surface area contributed by atoms with Crippen LogP contribution in [0, 0.1) is 5.82 Å². The van der Waals surface area contributed by atoms with E-state index in [0.717, 1.165) is 0 Å². The topological polar surface area (TPSA) is 91.1 Å². The molecule has 0 atom stereocenters. The third-order valence-corrected chi connectivity index (χ3v) is 4.80. The Kier molecular flexibility index (Phi) is 5.06. The molecule has 3 aromatic rings. The molecule has 2 aromatic heterocycles. The van der Waals surface area contributed by atoms with Crippen molar-refractivity contribution < 1.29 is 13.9 Å². The lowest BCUT2D eigenvalue weighted by Gasteiger charge is -2.26. The van der Waals surface area contributed by atoms with Gasteiger partial charge in [0.25, 0.3) is 5.56 Å². The first-order valence-electron chi connectivity index (χ1n) is 9.47. The predicted molar refractivity (Wildman–Crippen MR) is 107 cm³/mol. The number of rotatable bonds is 6. The third kappa shape index (κ3) is 3.49. The summed E-state index contributed by atoms with van der Waals surface area (Å²) in [5.41, 5.74) is 0.398. The molecular formula is C20H21FN4O4. The number of ether oxygens (including phenoxy) is 2. The van der Waals surface area contributed by atoms with Crippen LogP contribution in [0.25, 0.3) is 23.3 Å². The quantitative estimate of drug-likeness (QED) is 0.684. The maximum absolute atomic E-state index is 14.2. The Balaban J connectivity index is 1.64. The summed E-state index contributed by atoms with van der Waals surface area (Å²) in [4.78, 5) is 32.3. The smallest absolute Gasteiger partial charge is 0.332 e. The average molecular weight is 400 g/mol. The molecule has 29 heavy (non-hydrogen) atoms. The number of benzene rings is 1. The zero-order valence-electron chi connectivity index (χ0n) is 16.1. The van der Waals surface area contributed by atoms with Gasteiger partial charge in [-0.25, -0.2) is 14.2 Å². The molecule has 8 nitrogen and oxygen atoms in total. The molecular weight excluding hydrogens is 379 g/mol. The minimum absolute atomic E-state index is 0.107. The van der Waals surface area contributed by atoms with E-state index in [-0.39, 0.29) is 29.6 Å². The van der Waals surface area contributed by atoms with Gasteiger partial charge in [-0.2, -0.15) is 0 Å². The Morgan fingerprint density at radius 1 is 1.24 bits per heavy atom. The molecule has 0 spiro atoms. The molecule has 0 saturated carbocycles. The van der Waals surface area contributed by atoms with Crippen LogP contribution in [0.5, 0.6) is 5.75 Å². The van der Waals surface area contributed by atoms with E-state index in [1.54, 1.807) is 31.2 Å². The van der Waals surface area contributed by atoms with Crippen LogP contribution in [0.1, 0.15) is 25.2 Å². The number of imidazole rings is 1. The molecule has 0 aliphatic carbocycles. The van der Waals surface area contributed by atoms with Gasteiger partial charge in [-0.05, 0) is 37.6 Å². The van der Waals surface area contributed by atoms with Crippen LogP contribution < -0.4 is 16.0 Å². The Labute approximate surface area is 165 Å². The first-order chi connectivity index (χ1) is 14.0. The van der Waals surface area contributed by atoms with E-state index in [9.17, 15) is 14.0 Å².